The Morgan fingerprint density at radius 1 is 0.962 bits per heavy atom. The number of nitrogens with one attached hydrogen (secondary N) is 2. The molecule has 0 aliphatic carbocycles. The Labute approximate surface area is 160 Å². The molecule has 1 aliphatic rings. The van der Waals surface area contributed by atoms with E-state index in [1.807, 2.05) is 30.3 Å². The first-order valence-corrected chi connectivity index (χ1v) is 8.60. The standard InChI is InChI=1S/C18H14Cl2N4O2/c19-12-2-1-3-13(18(12)20)24-17-7-16(22-9-23-17)21-8-11-4-5-14-15(6-11)26-10-25-14/h1-7,9H,8,10H2,(H2,21,22,23,24). The van der Waals surface area contributed by atoms with Crippen LogP contribution in [0.25, 0.3) is 0 Å². The molecule has 6 nitrogen and oxygen atoms in total. The van der Waals surface area contributed by atoms with Crippen LogP contribution in [0.1, 0.15) is 5.56 Å². The molecular formula is C18H14Cl2N4O2. The lowest BCUT2D eigenvalue weighted by Crippen LogP contribution is -2.03. The van der Waals surface area contributed by atoms with Crippen LogP contribution in [-0.2, 0) is 6.54 Å². The van der Waals surface area contributed by atoms with E-state index in [0.717, 1.165) is 17.1 Å². The highest BCUT2D eigenvalue weighted by molar-refractivity contribution is 6.43. The van der Waals surface area contributed by atoms with Gasteiger partial charge in [-0.25, -0.2) is 9.97 Å². The first kappa shape index (κ1) is 16.8. The molecule has 26 heavy (non-hydrogen) atoms. The van der Waals surface area contributed by atoms with Gasteiger partial charge in [-0.3, -0.25) is 0 Å². The molecule has 0 spiro atoms. The lowest BCUT2D eigenvalue weighted by molar-refractivity contribution is 0.174. The maximum absolute atomic E-state index is 6.19. The molecule has 0 unspecified atom stereocenters. The van der Waals surface area contributed by atoms with Crippen molar-refractivity contribution in [3.8, 4) is 11.5 Å². The van der Waals surface area contributed by atoms with Crippen molar-refractivity contribution in [3.05, 3.63) is 64.4 Å². The van der Waals surface area contributed by atoms with E-state index in [-0.39, 0.29) is 6.79 Å². The van der Waals surface area contributed by atoms with Gasteiger partial charge in [0.05, 0.1) is 15.7 Å². The SMILES string of the molecule is Clc1cccc(Nc2cc(NCc3ccc4c(c3)OCO4)ncn2)c1Cl. The van der Waals surface area contributed by atoms with E-state index < -0.39 is 0 Å². The maximum atomic E-state index is 6.19. The molecule has 2 heterocycles. The zero-order chi connectivity index (χ0) is 17.9. The topological polar surface area (TPSA) is 68.3 Å². The number of halogens is 2. The molecule has 2 aromatic carbocycles. The summed E-state index contributed by atoms with van der Waals surface area (Å²) < 4.78 is 10.7. The van der Waals surface area contributed by atoms with E-state index in [2.05, 4.69) is 20.6 Å². The number of hydrogen-bond acceptors (Lipinski definition) is 6. The molecule has 4 rings (SSSR count). The van der Waals surface area contributed by atoms with Gasteiger partial charge in [-0.1, -0.05) is 35.3 Å². The number of anilines is 3. The molecule has 1 aliphatic heterocycles. The van der Waals surface area contributed by atoms with E-state index in [0.29, 0.717) is 33.9 Å². The van der Waals surface area contributed by atoms with Gasteiger partial charge in [0, 0.05) is 12.6 Å². The number of hydrogen-bond donors (Lipinski definition) is 2. The summed E-state index contributed by atoms with van der Waals surface area (Å²) in [6.07, 6.45) is 1.47. The third-order valence-corrected chi connectivity index (χ3v) is 4.61. The molecule has 0 atom stereocenters. The van der Waals surface area contributed by atoms with Crippen molar-refractivity contribution >= 4 is 40.5 Å². The van der Waals surface area contributed by atoms with Crippen LogP contribution in [0.15, 0.2) is 48.8 Å². The van der Waals surface area contributed by atoms with Gasteiger partial charge >= 0.3 is 0 Å². The molecule has 3 aromatic rings. The second-order valence-corrected chi connectivity index (χ2v) is 6.34. The monoisotopic (exact) mass is 388 g/mol. The third-order valence-electron chi connectivity index (χ3n) is 3.79. The van der Waals surface area contributed by atoms with Gasteiger partial charge < -0.3 is 20.1 Å². The van der Waals surface area contributed by atoms with Gasteiger partial charge in [0.25, 0.3) is 0 Å². The second-order valence-electron chi connectivity index (χ2n) is 5.56. The van der Waals surface area contributed by atoms with Crippen LogP contribution < -0.4 is 20.1 Å². The van der Waals surface area contributed by atoms with Gasteiger partial charge in [-0.05, 0) is 29.8 Å². The van der Waals surface area contributed by atoms with Crippen LogP contribution in [0.2, 0.25) is 10.0 Å². The van der Waals surface area contributed by atoms with E-state index >= 15 is 0 Å². The molecule has 1 aromatic heterocycles. The second kappa shape index (κ2) is 7.27. The number of nitrogens with zero attached hydrogens (tertiary/aromatic N) is 2. The zero-order valence-electron chi connectivity index (χ0n) is 13.5. The van der Waals surface area contributed by atoms with Crippen molar-refractivity contribution < 1.29 is 9.47 Å². The van der Waals surface area contributed by atoms with Crippen molar-refractivity contribution in [2.45, 2.75) is 6.54 Å². The Bertz CT molecular complexity index is 952. The molecule has 2 N–H and O–H groups in total. The average Bonchev–Trinajstić information content (AvgIpc) is 3.12. The quantitative estimate of drug-likeness (QED) is 0.649. The normalized spacial score (nSPS) is 12.1. The molecule has 0 fully saturated rings. The van der Waals surface area contributed by atoms with Crippen LogP contribution in [0.5, 0.6) is 11.5 Å². The highest BCUT2D eigenvalue weighted by Gasteiger charge is 2.13. The van der Waals surface area contributed by atoms with Gasteiger partial charge in [-0.15, -0.1) is 0 Å². The molecule has 0 amide bonds. The van der Waals surface area contributed by atoms with Gasteiger partial charge in [0.1, 0.15) is 18.0 Å². The van der Waals surface area contributed by atoms with Crippen molar-refractivity contribution in [3.63, 3.8) is 0 Å². The maximum Gasteiger partial charge on any atom is 0.231 e. The fourth-order valence-corrected chi connectivity index (χ4v) is 2.85. The highest BCUT2D eigenvalue weighted by atomic mass is 35.5. The highest BCUT2D eigenvalue weighted by Crippen LogP contribution is 2.33. The van der Waals surface area contributed by atoms with Crippen molar-refractivity contribution in [2.75, 3.05) is 17.4 Å². The summed E-state index contributed by atoms with van der Waals surface area (Å²) in [7, 11) is 0. The van der Waals surface area contributed by atoms with Crippen LogP contribution >= 0.6 is 23.2 Å². The van der Waals surface area contributed by atoms with Crippen molar-refractivity contribution in [1.29, 1.82) is 0 Å². The lowest BCUT2D eigenvalue weighted by Gasteiger charge is -2.10. The molecule has 0 radical (unpaired) electrons. The molecule has 8 heteroatoms. The van der Waals surface area contributed by atoms with Gasteiger partial charge in [0.15, 0.2) is 11.5 Å². The zero-order valence-corrected chi connectivity index (χ0v) is 15.0. The summed E-state index contributed by atoms with van der Waals surface area (Å²) in [6, 6.07) is 13.0. The first-order valence-electron chi connectivity index (χ1n) is 7.84. The van der Waals surface area contributed by atoms with Gasteiger partial charge in [-0.2, -0.15) is 0 Å². The summed E-state index contributed by atoms with van der Waals surface area (Å²) in [6.45, 7) is 0.851. The number of benzene rings is 2. The predicted octanol–water partition coefficient (Wildman–Crippen LogP) is 4.87. The van der Waals surface area contributed by atoms with Crippen molar-refractivity contribution in [2.24, 2.45) is 0 Å². The summed E-state index contributed by atoms with van der Waals surface area (Å²) in [5, 5.41) is 7.32. The Kier molecular flexibility index (Phi) is 4.69. The Balaban J connectivity index is 1.45. The Hall–Kier alpha value is -2.70. The van der Waals surface area contributed by atoms with Crippen LogP contribution in [0.3, 0.4) is 0 Å². The number of fused-ring (bicyclic) bond motifs is 1. The van der Waals surface area contributed by atoms with Crippen molar-refractivity contribution in [1.82, 2.24) is 9.97 Å². The van der Waals surface area contributed by atoms with E-state index in [9.17, 15) is 0 Å². The lowest BCUT2D eigenvalue weighted by atomic mass is 10.2. The largest absolute Gasteiger partial charge is 0.454 e. The Morgan fingerprint density at radius 2 is 1.81 bits per heavy atom. The third kappa shape index (κ3) is 3.61. The van der Waals surface area contributed by atoms with E-state index in [1.54, 1.807) is 12.1 Å². The molecule has 0 bridgehead atoms. The molecular weight excluding hydrogens is 375 g/mol. The van der Waals surface area contributed by atoms with E-state index in [4.69, 9.17) is 32.7 Å². The summed E-state index contributed by atoms with van der Waals surface area (Å²) in [5.74, 6) is 2.81. The summed E-state index contributed by atoms with van der Waals surface area (Å²) in [4.78, 5) is 8.44. The first-order chi connectivity index (χ1) is 12.7. The predicted molar refractivity (Wildman–Crippen MR) is 102 cm³/mol. The number of ether oxygens (including phenoxy) is 2. The van der Waals surface area contributed by atoms with E-state index in [1.165, 1.54) is 6.33 Å². The van der Waals surface area contributed by atoms with Crippen LogP contribution in [-0.4, -0.2) is 16.8 Å². The minimum Gasteiger partial charge on any atom is -0.454 e. The number of rotatable bonds is 5. The summed E-state index contributed by atoms with van der Waals surface area (Å²) in [5.41, 5.74) is 1.74. The smallest absolute Gasteiger partial charge is 0.231 e. The van der Waals surface area contributed by atoms with Crippen LogP contribution in [0, 0.1) is 0 Å². The Morgan fingerprint density at radius 3 is 2.73 bits per heavy atom. The molecule has 0 saturated heterocycles. The fraction of sp³-hybridized carbons (Fsp3) is 0.111. The molecule has 132 valence electrons. The summed E-state index contributed by atoms with van der Waals surface area (Å²) >= 11 is 12.2. The minimum atomic E-state index is 0.263. The molecule has 0 saturated carbocycles. The van der Waals surface area contributed by atoms with Crippen LogP contribution in [0.4, 0.5) is 17.3 Å². The average molecular weight is 389 g/mol. The number of aromatic nitrogens is 2. The minimum absolute atomic E-state index is 0.263. The van der Waals surface area contributed by atoms with Gasteiger partial charge in [0.2, 0.25) is 6.79 Å². The fourth-order valence-electron chi connectivity index (χ4n) is 2.50.